The Labute approximate surface area is 62.3 Å². The Balaban J connectivity index is 3.27. The number of amides is 1. The Bertz CT molecular complexity index is 298. The zero-order valence-electron chi connectivity index (χ0n) is 5.54. The van der Waals surface area contributed by atoms with Gasteiger partial charge in [-0.25, -0.2) is 4.39 Å². The van der Waals surface area contributed by atoms with Crippen molar-refractivity contribution in [2.24, 2.45) is 5.73 Å². The van der Waals surface area contributed by atoms with Crippen molar-refractivity contribution in [3.8, 4) is 5.75 Å². The van der Waals surface area contributed by atoms with Crippen molar-refractivity contribution in [2.45, 2.75) is 0 Å². The van der Waals surface area contributed by atoms with Crippen LogP contribution in [0.3, 0.4) is 0 Å². The average molecular weight is 155 g/mol. The summed E-state index contributed by atoms with van der Waals surface area (Å²) in [6.45, 7) is 0. The quantitative estimate of drug-likeness (QED) is 0.624. The minimum atomic E-state index is -0.846. The SMILES string of the molecule is NC(=O)c1cccc(F)c1O. The first kappa shape index (κ1) is 7.53. The maximum Gasteiger partial charge on any atom is 0.252 e. The molecule has 4 heteroatoms. The highest BCUT2D eigenvalue weighted by Gasteiger charge is 2.09. The van der Waals surface area contributed by atoms with Gasteiger partial charge >= 0.3 is 0 Å². The summed E-state index contributed by atoms with van der Waals surface area (Å²) < 4.78 is 12.5. The van der Waals surface area contributed by atoms with Gasteiger partial charge in [0, 0.05) is 0 Å². The predicted molar refractivity (Wildman–Crippen MR) is 36.6 cm³/mol. The molecule has 1 aromatic rings. The molecule has 0 spiro atoms. The van der Waals surface area contributed by atoms with Crippen LogP contribution < -0.4 is 5.73 Å². The molecule has 0 saturated carbocycles. The molecule has 0 fully saturated rings. The third-order valence-electron chi connectivity index (χ3n) is 1.25. The van der Waals surface area contributed by atoms with Gasteiger partial charge in [0.1, 0.15) is 0 Å². The Morgan fingerprint density at radius 2 is 2.18 bits per heavy atom. The topological polar surface area (TPSA) is 63.3 Å². The van der Waals surface area contributed by atoms with E-state index in [0.717, 1.165) is 6.07 Å². The van der Waals surface area contributed by atoms with E-state index in [4.69, 9.17) is 10.8 Å². The van der Waals surface area contributed by atoms with E-state index in [0.29, 0.717) is 0 Å². The van der Waals surface area contributed by atoms with Crippen molar-refractivity contribution in [1.82, 2.24) is 0 Å². The lowest BCUT2D eigenvalue weighted by molar-refractivity contribution is 0.0997. The summed E-state index contributed by atoms with van der Waals surface area (Å²) >= 11 is 0. The van der Waals surface area contributed by atoms with Gasteiger partial charge in [-0.1, -0.05) is 6.07 Å². The summed E-state index contributed by atoms with van der Waals surface area (Å²) in [7, 11) is 0. The molecule has 0 aliphatic rings. The number of carbonyl (C=O) groups is 1. The smallest absolute Gasteiger partial charge is 0.252 e. The van der Waals surface area contributed by atoms with E-state index in [9.17, 15) is 9.18 Å². The van der Waals surface area contributed by atoms with E-state index in [1.807, 2.05) is 0 Å². The van der Waals surface area contributed by atoms with Gasteiger partial charge in [0.2, 0.25) is 0 Å². The molecule has 58 valence electrons. The van der Waals surface area contributed by atoms with Crippen LogP contribution in [0.4, 0.5) is 4.39 Å². The van der Waals surface area contributed by atoms with Gasteiger partial charge in [-0.05, 0) is 12.1 Å². The molecule has 11 heavy (non-hydrogen) atoms. The van der Waals surface area contributed by atoms with E-state index in [1.165, 1.54) is 12.1 Å². The van der Waals surface area contributed by atoms with E-state index in [2.05, 4.69) is 0 Å². The number of aromatic hydroxyl groups is 1. The van der Waals surface area contributed by atoms with Gasteiger partial charge in [0.15, 0.2) is 11.6 Å². The van der Waals surface area contributed by atoms with Crippen LogP contribution in [0.1, 0.15) is 10.4 Å². The van der Waals surface area contributed by atoms with Crippen LogP contribution in [0.2, 0.25) is 0 Å². The van der Waals surface area contributed by atoms with Gasteiger partial charge in [-0.3, -0.25) is 4.79 Å². The Kier molecular flexibility index (Phi) is 1.76. The second-order valence-electron chi connectivity index (χ2n) is 2.00. The fourth-order valence-corrected chi connectivity index (χ4v) is 0.714. The standard InChI is InChI=1S/C7H6FNO2/c8-5-3-1-2-4(6(5)10)7(9)11/h1-3,10H,(H2,9,11). The number of hydrogen-bond acceptors (Lipinski definition) is 2. The summed E-state index contributed by atoms with van der Waals surface area (Å²) in [6.07, 6.45) is 0. The van der Waals surface area contributed by atoms with Crippen molar-refractivity contribution in [2.75, 3.05) is 0 Å². The van der Waals surface area contributed by atoms with Crippen molar-refractivity contribution < 1.29 is 14.3 Å². The normalized spacial score (nSPS) is 9.55. The predicted octanol–water partition coefficient (Wildman–Crippen LogP) is 0.630. The number of hydrogen-bond donors (Lipinski definition) is 2. The lowest BCUT2D eigenvalue weighted by atomic mass is 10.2. The van der Waals surface area contributed by atoms with E-state index < -0.39 is 17.5 Å². The van der Waals surface area contributed by atoms with E-state index >= 15 is 0 Å². The first-order chi connectivity index (χ1) is 5.13. The molecular formula is C7H6FNO2. The Morgan fingerprint density at radius 3 is 2.64 bits per heavy atom. The van der Waals surface area contributed by atoms with Gasteiger partial charge in [-0.15, -0.1) is 0 Å². The lowest BCUT2D eigenvalue weighted by Crippen LogP contribution is -2.11. The van der Waals surface area contributed by atoms with Crippen LogP contribution in [0, 0.1) is 5.82 Å². The van der Waals surface area contributed by atoms with Crippen molar-refractivity contribution in [3.05, 3.63) is 29.6 Å². The highest BCUT2D eigenvalue weighted by Crippen LogP contribution is 2.19. The Morgan fingerprint density at radius 1 is 1.55 bits per heavy atom. The van der Waals surface area contributed by atoms with Crippen molar-refractivity contribution in [1.29, 1.82) is 0 Å². The second-order valence-corrected chi connectivity index (χ2v) is 2.00. The van der Waals surface area contributed by atoms with Gasteiger partial charge in [0.05, 0.1) is 5.56 Å². The number of rotatable bonds is 1. The van der Waals surface area contributed by atoms with Crippen molar-refractivity contribution in [3.63, 3.8) is 0 Å². The molecule has 3 nitrogen and oxygen atoms in total. The van der Waals surface area contributed by atoms with Crippen LogP contribution in [0.15, 0.2) is 18.2 Å². The van der Waals surface area contributed by atoms with Crippen LogP contribution in [-0.2, 0) is 0 Å². The minimum Gasteiger partial charge on any atom is -0.504 e. The summed E-state index contributed by atoms with van der Waals surface area (Å²) in [5.74, 6) is -2.39. The first-order valence-corrected chi connectivity index (χ1v) is 2.90. The molecule has 0 aromatic heterocycles. The molecule has 0 aliphatic carbocycles. The fraction of sp³-hybridized carbons (Fsp3) is 0. The monoisotopic (exact) mass is 155 g/mol. The van der Waals surface area contributed by atoms with Crippen LogP contribution in [0.25, 0.3) is 0 Å². The van der Waals surface area contributed by atoms with Gasteiger partial charge in [-0.2, -0.15) is 0 Å². The number of phenols is 1. The van der Waals surface area contributed by atoms with E-state index in [1.54, 1.807) is 0 Å². The molecule has 1 rings (SSSR count). The number of benzene rings is 1. The molecule has 0 aliphatic heterocycles. The number of nitrogens with two attached hydrogens (primary N) is 1. The average Bonchev–Trinajstić information content (AvgIpc) is 1.94. The third kappa shape index (κ3) is 1.29. The molecular weight excluding hydrogens is 149 g/mol. The summed E-state index contributed by atoms with van der Waals surface area (Å²) in [5, 5.41) is 8.89. The minimum absolute atomic E-state index is 0.204. The molecule has 0 unspecified atom stereocenters. The number of carbonyl (C=O) groups excluding carboxylic acids is 1. The Hall–Kier alpha value is -1.58. The van der Waals surface area contributed by atoms with Crippen LogP contribution >= 0.6 is 0 Å². The second kappa shape index (κ2) is 2.57. The molecule has 1 aromatic carbocycles. The van der Waals surface area contributed by atoms with E-state index in [-0.39, 0.29) is 5.56 Å². The molecule has 3 N–H and O–H groups in total. The summed E-state index contributed by atoms with van der Waals surface area (Å²) in [5.41, 5.74) is 4.61. The zero-order chi connectivity index (χ0) is 8.43. The van der Waals surface area contributed by atoms with Crippen LogP contribution in [0.5, 0.6) is 5.75 Å². The molecule has 1 amide bonds. The maximum atomic E-state index is 12.5. The molecule has 0 bridgehead atoms. The first-order valence-electron chi connectivity index (χ1n) is 2.90. The largest absolute Gasteiger partial charge is 0.504 e. The highest BCUT2D eigenvalue weighted by molar-refractivity contribution is 5.95. The van der Waals surface area contributed by atoms with Crippen molar-refractivity contribution >= 4 is 5.91 Å². The summed E-state index contributed by atoms with van der Waals surface area (Å²) in [6, 6.07) is 3.59. The third-order valence-corrected chi connectivity index (χ3v) is 1.25. The number of primary amides is 1. The van der Waals surface area contributed by atoms with Gasteiger partial charge in [0.25, 0.3) is 5.91 Å². The van der Waals surface area contributed by atoms with Gasteiger partial charge < -0.3 is 10.8 Å². The fourth-order valence-electron chi connectivity index (χ4n) is 0.714. The number of para-hydroxylation sites is 1. The molecule has 0 atom stereocenters. The lowest BCUT2D eigenvalue weighted by Gasteiger charge is -1.98. The molecule has 0 saturated heterocycles. The molecule has 0 heterocycles. The van der Waals surface area contributed by atoms with Crippen LogP contribution in [-0.4, -0.2) is 11.0 Å². The highest BCUT2D eigenvalue weighted by atomic mass is 19.1. The zero-order valence-corrected chi connectivity index (χ0v) is 5.54. The summed E-state index contributed by atoms with van der Waals surface area (Å²) in [4.78, 5) is 10.5. The maximum absolute atomic E-state index is 12.5. The number of halogens is 1. The molecule has 0 radical (unpaired) electrons.